The van der Waals surface area contributed by atoms with E-state index in [4.69, 9.17) is 11.6 Å². The molecule has 0 bridgehead atoms. The zero-order chi connectivity index (χ0) is 9.97. The van der Waals surface area contributed by atoms with Gasteiger partial charge in [-0.05, 0) is 17.7 Å². The van der Waals surface area contributed by atoms with Crippen molar-refractivity contribution in [2.75, 3.05) is 0 Å². The van der Waals surface area contributed by atoms with Crippen molar-refractivity contribution >= 4 is 27.5 Å². The van der Waals surface area contributed by atoms with Crippen molar-refractivity contribution in [1.29, 1.82) is 0 Å². The van der Waals surface area contributed by atoms with E-state index in [1.165, 1.54) is 0 Å². The predicted molar refractivity (Wildman–Crippen MR) is 61.2 cm³/mol. The molecule has 2 rings (SSSR count). The first-order valence-corrected chi connectivity index (χ1v) is 5.66. The van der Waals surface area contributed by atoms with E-state index in [0.29, 0.717) is 5.02 Å². The zero-order valence-electron chi connectivity index (χ0n) is 7.32. The van der Waals surface area contributed by atoms with Crippen LogP contribution in [0.15, 0.2) is 36.7 Å². The second-order valence-electron chi connectivity index (χ2n) is 2.83. The van der Waals surface area contributed by atoms with Crippen LogP contribution in [-0.4, -0.2) is 9.78 Å². The fourth-order valence-corrected chi connectivity index (χ4v) is 2.06. The molecule has 0 fully saturated rings. The van der Waals surface area contributed by atoms with Gasteiger partial charge in [-0.3, -0.25) is 0 Å². The highest BCUT2D eigenvalue weighted by atomic mass is 79.9. The monoisotopic (exact) mass is 270 g/mol. The van der Waals surface area contributed by atoms with Crippen molar-refractivity contribution in [2.24, 2.45) is 0 Å². The van der Waals surface area contributed by atoms with E-state index in [-0.39, 0.29) is 0 Å². The van der Waals surface area contributed by atoms with E-state index >= 15 is 0 Å². The predicted octanol–water partition coefficient (Wildman–Crippen LogP) is 3.42. The summed E-state index contributed by atoms with van der Waals surface area (Å²) in [6.45, 7) is 0. The van der Waals surface area contributed by atoms with Gasteiger partial charge in [0.2, 0.25) is 0 Å². The van der Waals surface area contributed by atoms with Gasteiger partial charge >= 0.3 is 0 Å². The van der Waals surface area contributed by atoms with Gasteiger partial charge in [-0.15, -0.1) is 0 Å². The van der Waals surface area contributed by atoms with Crippen LogP contribution in [0.1, 0.15) is 5.56 Å². The maximum absolute atomic E-state index is 6.12. The second-order valence-corrected chi connectivity index (χ2v) is 3.80. The molecule has 0 aliphatic heterocycles. The normalized spacial score (nSPS) is 10.4. The Balaban J connectivity index is 2.61. The first-order valence-electron chi connectivity index (χ1n) is 4.16. The molecular weight excluding hydrogens is 263 g/mol. The number of nitrogens with zero attached hydrogens (tertiary/aromatic N) is 2. The lowest BCUT2D eigenvalue weighted by atomic mass is 10.2. The number of rotatable bonds is 2. The molecule has 4 heteroatoms. The number of hydrogen-bond acceptors (Lipinski definition) is 1. The molecule has 0 radical (unpaired) electrons. The van der Waals surface area contributed by atoms with Gasteiger partial charge in [-0.1, -0.05) is 39.7 Å². The number of alkyl halides is 1. The highest BCUT2D eigenvalue weighted by molar-refractivity contribution is 9.08. The second kappa shape index (κ2) is 4.15. The molecule has 0 N–H and O–H groups in total. The largest absolute Gasteiger partial charge is 0.239 e. The number of hydrogen-bond donors (Lipinski definition) is 0. The Morgan fingerprint density at radius 2 is 2.21 bits per heavy atom. The Morgan fingerprint density at radius 1 is 1.36 bits per heavy atom. The Bertz CT molecular complexity index is 426. The highest BCUT2D eigenvalue weighted by Gasteiger charge is 2.07. The van der Waals surface area contributed by atoms with Crippen LogP contribution >= 0.6 is 27.5 Å². The molecule has 0 spiro atoms. The fraction of sp³-hybridized carbons (Fsp3) is 0.100. The quantitative estimate of drug-likeness (QED) is 0.765. The van der Waals surface area contributed by atoms with E-state index in [0.717, 1.165) is 16.6 Å². The Labute approximate surface area is 95.6 Å². The average molecular weight is 272 g/mol. The maximum atomic E-state index is 6.12. The molecule has 14 heavy (non-hydrogen) atoms. The standard InChI is InChI=1S/C10H8BrClN2/c11-7-8-3-1-4-9(12)10(8)14-6-2-5-13-14/h1-6H,7H2. The maximum Gasteiger partial charge on any atom is 0.0872 e. The van der Waals surface area contributed by atoms with Gasteiger partial charge in [0.25, 0.3) is 0 Å². The SMILES string of the molecule is Clc1cccc(CBr)c1-n1cccn1. The van der Waals surface area contributed by atoms with E-state index < -0.39 is 0 Å². The summed E-state index contributed by atoms with van der Waals surface area (Å²) in [6.07, 6.45) is 3.62. The van der Waals surface area contributed by atoms with Crippen LogP contribution in [0.4, 0.5) is 0 Å². The number of para-hydroxylation sites is 1. The van der Waals surface area contributed by atoms with Crippen LogP contribution in [-0.2, 0) is 5.33 Å². The van der Waals surface area contributed by atoms with Gasteiger partial charge in [0.1, 0.15) is 0 Å². The van der Waals surface area contributed by atoms with Gasteiger partial charge in [-0.25, -0.2) is 4.68 Å². The summed E-state index contributed by atoms with van der Waals surface area (Å²) in [4.78, 5) is 0. The summed E-state index contributed by atoms with van der Waals surface area (Å²) < 4.78 is 1.78. The molecule has 0 saturated carbocycles. The topological polar surface area (TPSA) is 17.8 Å². The van der Waals surface area contributed by atoms with Gasteiger partial charge in [-0.2, -0.15) is 5.10 Å². The molecule has 0 aliphatic carbocycles. The summed E-state index contributed by atoms with van der Waals surface area (Å²) in [6, 6.07) is 7.70. The minimum absolute atomic E-state index is 0.714. The number of halogens is 2. The molecule has 0 amide bonds. The van der Waals surface area contributed by atoms with Crippen LogP contribution < -0.4 is 0 Å². The van der Waals surface area contributed by atoms with E-state index in [1.54, 1.807) is 10.9 Å². The lowest BCUT2D eigenvalue weighted by molar-refractivity contribution is 0.872. The third-order valence-corrected chi connectivity index (χ3v) is 2.86. The van der Waals surface area contributed by atoms with Crippen molar-refractivity contribution in [3.05, 3.63) is 47.2 Å². The Kier molecular flexibility index (Phi) is 2.89. The van der Waals surface area contributed by atoms with E-state index in [1.807, 2.05) is 30.5 Å². The zero-order valence-corrected chi connectivity index (χ0v) is 9.66. The average Bonchev–Trinajstić information content (AvgIpc) is 2.70. The number of aromatic nitrogens is 2. The molecule has 0 aliphatic rings. The number of benzene rings is 1. The minimum atomic E-state index is 0.714. The molecule has 0 unspecified atom stereocenters. The third kappa shape index (κ3) is 1.70. The van der Waals surface area contributed by atoms with Crippen molar-refractivity contribution in [3.8, 4) is 5.69 Å². The molecule has 72 valence electrons. The first-order chi connectivity index (χ1) is 6.83. The lowest BCUT2D eigenvalue weighted by Gasteiger charge is -2.08. The molecule has 0 saturated heterocycles. The molecule has 2 aromatic rings. The van der Waals surface area contributed by atoms with Gasteiger partial charge in [0.15, 0.2) is 0 Å². The summed E-state index contributed by atoms with van der Waals surface area (Å²) >= 11 is 9.55. The highest BCUT2D eigenvalue weighted by Crippen LogP contribution is 2.25. The van der Waals surface area contributed by atoms with E-state index in [2.05, 4.69) is 21.0 Å². The molecular formula is C10H8BrClN2. The third-order valence-electron chi connectivity index (χ3n) is 1.95. The molecule has 1 aromatic carbocycles. The molecule has 1 aromatic heterocycles. The smallest absolute Gasteiger partial charge is 0.0872 e. The van der Waals surface area contributed by atoms with Crippen LogP contribution in [0, 0.1) is 0 Å². The van der Waals surface area contributed by atoms with Crippen LogP contribution in [0.5, 0.6) is 0 Å². The van der Waals surface area contributed by atoms with Gasteiger partial charge < -0.3 is 0 Å². The van der Waals surface area contributed by atoms with Crippen LogP contribution in [0.3, 0.4) is 0 Å². The summed E-state index contributed by atoms with van der Waals surface area (Å²) in [5.74, 6) is 0. The summed E-state index contributed by atoms with van der Waals surface area (Å²) in [5.41, 5.74) is 2.07. The van der Waals surface area contributed by atoms with E-state index in [9.17, 15) is 0 Å². The van der Waals surface area contributed by atoms with Crippen LogP contribution in [0.2, 0.25) is 5.02 Å². The van der Waals surface area contributed by atoms with Crippen molar-refractivity contribution < 1.29 is 0 Å². The van der Waals surface area contributed by atoms with Crippen molar-refractivity contribution in [2.45, 2.75) is 5.33 Å². The molecule has 0 atom stereocenters. The first kappa shape index (κ1) is 9.74. The Morgan fingerprint density at radius 3 is 2.86 bits per heavy atom. The van der Waals surface area contributed by atoms with Crippen molar-refractivity contribution in [1.82, 2.24) is 9.78 Å². The lowest BCUT2D eigenvalue weighted by Crippen LogP contribution is -1.99. The minimum Gasteiger partial charge on any atom is -0.239 e. The fourth-order valence-electron chi connectivity index (χ4n) is 1.33. The Hall–Kier alpha value is -0.800. The molecule has 1 heterocycles. The van der Waals surface area contributed by atoms with Crippen LogP contribution in [0.25, 0.3) is 5.69 Å². The molecule has 2 nitrogen and oxygen atoms in total. The van der Waals surface area contributed by atoms with Gasteiger partial charge in [0, 0.05) is 17.7 Å². The van der Waals surface area contributed by atoms with Crippen molar-refractivity contribution in [3.63, 3.8) is 0 Å². The van der Waals surface area contributed by atoms with Gasteiger partial charge in [0.05, 0.1) is 10.7 Å². The summed E-state index contributed by atoms with van der Waals surface area (Å²) in [7, 11) is 0. The summed E-state index contributed by atoms with van der Waals surface area (Å²) in [5, 5.41) is 5.65.